The molecule has 67 heavy (non-hydrogen) atoms. The highest BCUT2D eigenvalue weighted by Crippen LogP contribution is 2.38. The Morgan fingerprint density at radius 2 is 0.627 bits per heavy atom. The van der Waals surface area contributed by atoms with Gasteiger partial charge in [0, 0.05) is 99.3 Å². The van der Waals surface area contributed by atoms with Crippen LogP contribution in [0.1, 0.15) is 93.9 Å². The van der Waals surface area contributed by atoms with Crippen molar-refractivity contribution in [2.75, 3.05) is 0 Å². The molecule has 9 heterocycles. The molecule has 0 aromatic carbocycles. The Labute approximate surface area is 420 Å². The zero-order valence-electron chi connectivity index (χ0n) is 38.8. The minimum atomic E-state index is 0. The van der Waals surface area contributed by atoms with Crippen molar-refractivity contribution in [2.45, 2.75) is 77.7 Å². The average Bonchev–Trinajstić information content (AvgIpc) is 4.15. The highest BCUT2D eigenvalue weighted by molar-refractivity contribution is 5.99. The largest absolute Gasteiger partial charge is 1.00 e. The van der Waals surface area contributed by atoms with E-state index in [1.165, 1.54) is 64.2 Å². The van der Waals surface area contributed by atoms with Gasteiger partial charge in [-0.1, -0.05) is 58.3 Å². The van der Waals surface area contributed by atoms with Gasteiger partial charge in [-0.25, -0.2) is 28.2 Å². The van der Waals surface area contributed by atoms with Crippen molar-refractivity contribution in [3.05, 3.63) is 145 Å². The van der Waals surface area contributed by atoms with Gasteiger partial charge in [0.1, 0.15) is 27.7 Å². The number of hydrogen-bond acceptors (Lipinski definition) is 2. The molecular formula is C55H60Cl4N8. The molecule has 7 aromatic rings. The smallest absolute Gasteiger partial charge is 0.169 e. The van der Waals surface area contributed by atoms with E-state index in [1.54, 1.807) is 0 Å². The number of unbranched alkanes of at least 4 members (excludes halogenated alkanes) is 9. The molecule has 2 aliphatic heterocycles. The first-order valence-electron chi connectivity index (χ1n) is 22.9. The molecule has 0 saturated carbocycles. The van der Waals surface area contributed by atoms with Crippen LogP contribution < -0.4 is 67.9 Å². The summed E-state index contributed by atoms with van der Waals surface area (Å²) in [5, 5.41) is 0. The molecule has 0 radical (unpaired) electrons. The summed E-state index contributed by atoms with van der Waals surface area (Å²) in [6.45, 7) is 3.31. The number of rotatable bonds is 15. The van der Waals surface area contributed by atoms with Gasteiger partial charge in [0.2, 0.25) is 0 Å². The second-order valence-corrected chi connectivity index (χ2v) is 17.3. The maximum Gasteiger partial charge on any atom is 0.169 e. The molecule has 2 N–H and O–H groups in total. The fourth-order valence-electron chi connectivity index (χ4n) is 8.98. The van der Waals surface area contributed by atoms with Gasteiger partial charge in [0.05, 0.1) is 22.8 Å². The number of aromatic amines is 2. The molecule has 0 spiro atoms. The summed E-state index contributed by atoms with van der Waals surface area (Å²) in [4.78, 5) is 18.7. The number of halogens is 4. The van der Waals surface area contributed by atoms with E-state index in [4.69, 9.17) is 9.97 Å². The number of H-pyrrole nitrogens is 2. The van der Waals surface area contributed by atoms with Gasteiger partial charge in [-0.2, -0.15) is 0 Å². The van der Waals surface area contributed by atoms with Crippen molar-refractivity contribution < 1.29 is 67.9 Å². The number of aryl methyl sites for hydroxylation is 4. The van der Waals surface area contributed by atoms with Crippen molar-refractivity contribution in [3.8, 4) is 44.5 Å². The predicted octanol–water partition coefficient (Wildman–Crippen LogP) is -0.978. The minimum Gasteiger partial charge on any atom is -1.00 e. The first-order valence-corrected chi connectivity index (χ1v) is 22.9. The van der Waals surface area contributed by atoms with Crippen molar-refractivity contribution in [2.24, 2.45) is 21.1 Å². The molecule has 0 amide bonds. The summed E-state index contributed by atoms with van der Waals surface area (Å²) in [6.07, 6.45) is 39.1. The zero-order chi connectivity index (χ0) is 43.1. The van der Waals surface area contributed by atoms with Gasteiger partial charge in [-0.3, -0.25) is 0 Å². The zero-order valence-corrected chi connectivity index (χ0v) is 41.9. The fraction of sp³-hybridized carbons (Fsp3) is 0.273. The highest BCUT2D eigenvalue weighted by atomic mass is 35.5. The number of aromatic nitrogens is 8. The first-order chi connectivity index (χ1) is 30.9. The normalized spacial score (nSPS) is 11.3. The van der Waals surface area contributed by atoms with Crippen molar-refractivity contribution in [1.29, 1.82) is 0 Å². The van der Waals surface area contributed by atoms with Gasteiger partial charge in [-0.15, -0.1) is 0 Å². The van der Waals surface area contributed by atoms with E-state index in [1.807, 2.05) is 7.05 Å². The Balaban J connectivity index is 0.00000210. The molecular weight excluding hydrogens is 914 g/mol. The molecule has 12 heteroatoms. The van der Waals surface area contributed by atoms with Gasteiger partial charge in [0.15, 0.2) is 49.6 Å². The molecule has 0 fully saturated rings. The molecule has 348 valence electrons. The Morgan fingerprint density at radius 3 is 0.925 bits per heavy atom. The van der Waals surface area contributed by atoms with E-state index in [0.29, 0.717) is 0 Å². The maximum absolute atomic E-state index is 5.50. The third kappa shape index (κ3) is 12.1. The Morgan fingerprint density at radius 1 is 0.358 bits per heavy atom. The lowest BCUT2D eigenvalue weighted by Crippen LogP contribution is -3.00. The lowest BCUT2D eigenvalue weighted by atomic mass is 10.0. The monoisotopic (exact) mass is 972 g/mol. The van der Waals surface area contributed by atoms with Crippen LogP contribution in [0.4, 0.5) is 0 Å². The summed E-state index contributed by atoms with van der Waals surface area (Å²) >= 11 is 0. The quantitative estimate of drug-likeness (QED) is 0.103. The first kappa shape index (κ1) is 52.3. The molecule has 7 aromatic heterocycles. The van der Waals surface area contributed by atoms with Crippen LogP contribution in [-0.4, -0.2) is 19.9 Å². The van der Waals surface area contributed by atoms with Gasteiger partial charge in [0.25, 0.3) is 0 Å². The average molecular weight is 975 g/mol. The minimum absolute atomic E-state index is 0. The van der Waals surface area contributed by atoms with E-state index in [-0.39, 0.29) is 49.6 Å². The number of pyridine rings is 4. The number of nitrogens with zero attached hydrogens (tertiary/aromatic N) is 6. The molecule has 8 bridgehead atoms. The Hall–Kier alpha value is -5.64. The fourth-order valence-corrected chi connectivity index (χ4v) is 8.98. The molecule has 0 unspecified atom stereocenters. The molecule has 8 nitrogen and oxygen atoms in total. The summed E-state index contributed by atoms with van der Waals surface area (Å²) in [5.74, 6) is 0. The summed E-state index contributed by atoms with van der Waals surface area (Å²) in [7, 11) is 6.15. The summed E-state index contributed by atoms with van der Waals surface area (Å²) < 4.78 is 8.53. The van der Waals surface area contributed by atoms with Crippen LogP contribution in [0.15, 0.2) is 122 Å². The number of fused-ring (bicyclic) bond motifs is 8. The molecule has 0 saturated heterocycles. The van der Waals surface area contributed by atoms with Crippen molar-refractivity contribution in [3.63, 3.8) is 0 Å². The highest BCUT2D eigenvalue weighted by Gasteiger charge is 2.20. The molecule has 0 aliphatic carbocycles. The number of hydrogen-bond donors (Lipinski definition) is 2. The Bertz CT molecular complexity index is 2910. The lowest BCUT2D eigenvalue weighted by Gasteiger charge is -2.06. The van der Waals surface area contributed by atoms with Crippen LogP contribution in [0.3, 0.4) is 0 Å². The lowest BCUT2D eigenvalue weighted by molar-refractivity contribution is -0.697. The van der Waals surface area contributed by atoms with Crippen LogP contribution in [0, 0.1) is 0 Å². The predicted molar refractivity (Wildman–Crippen MR) is 256 cm³/mol. The van der Waals surface area contributed by atoms with E-state index < -0.39 is 0 Å². The van der Waals surface area contributed by atoms with E-state index in [9.17, 15) is 0 Å². The molecule has 0 atom stereocenters. The Kier molecular flexibility index (Phi) is 19.1. The second-order valence-electron chi connectivity index (χ2n) is 17.3. The van der Waals surface area contributed by atoms with E-state index >= 15 is 0 Å². The number of nitrogens with one attached hydrogen (secondary N) is 2. The third-order valence-electron chi connectivity index (χ3n) is 12.5. The SMILES string of the molecule is CCCCCCCCCCCC[n+]1ccc(-c2c3nc(c(-c4cc[n+](C)cc4)c4ccc([nH]4)c(-c4cc[n+](C)cc4)c4nc(c(-c5cc[n+](C)cc5)c5ccc2[nH]5)C=C4)C=C3)cc1.[Cl-].[Cl-].[Cl-].[Cl-]. The van der Waals surface area contributed by atoms with Crippen LogP contribution in [-0.2, 0) is 27.7 Å². The van der Waals surface area contributed by atoms with Crippen LogP contribution in [0.5, 0.6) is 0 Å². The van der Waals surface area contributed by atoms with Gasteiger partial charge >= 0.3 is 0 Å². The van der Waals surface area contributed by atoms with Crippen molar-refractivity contribution in [1.82, 2.24) is 19.9 Å². The summed E-state index contributed by atoms with van der Waals surface area (Å²) in [5.41, 5.74) is 16.1. The molecule has 9 rings (SSSR count). The van der Waals surface area contributed by atoms with Crippen LogP contribution >= 0.6 is 0 Å². The summed E-state index contributed by atoms with van der Waals surface area (Å²) in [6, 6.07) is 26.3. The van der Waals surface area contributed by atoms with Gasteiger partial charge in [-0.05, 0) is 77.2 Å². The molecule has 2 aliphatic rings. The van der Waals surface area contributed by atoms with Crippen LogP contribution in [0.2, 0.25) is 0 Å². The van der Waals surface area contributed by atoms with E-state index in [0.717, 1.165) is 95.9 Å². The third-order valence-corrected chi connectivity index (χ3v) is 12.5. The standard InChI is InChI=1S/C55H59N8.4ClH/c1-5-6-7-8-9-10-11-12-13-14-31-63-38-29-43(30-39-63)55-50-21-19-48(58-50)53(41-25-34-61(3)35-26-41)46-17-15-44(56-46)52(40-23-32-60(2)33-24-40)45-16-18-47(57-45)54(49-20-22-51(55)59-49)42-27-36-62(4)37-28-42;;;;/h15-30,32-39H,5-14,31H2,1-4H3,(H,56,57,58,59);4*1H/q+3;;;;/p-3. The van der Waals surface area contributed by atoms with E-state index in [2.05, 4.69) is 196 Å². The second kappa shape index (κ2) is 24.4. The maximum atomic E-state index is 5.50. The topological polar surface area (TPSA) is 72.9 Å². The van der Waals surface area contributed by atoms with Crippen LogP contribution in [0.25, 0.3) is 90.9 Å². The van der Waals surface area contributed by atoms with Gasteiger partial charge < -0.3 is 59.6 Å². The van der Waals surface area contributed by atoms with Crippen molar-refractivity contribution >= 4 is 46.4 Å².